The monoisotopic (exact) mass is 379 g/mol. The van der Waals surface area contributed by atoms with Crippen molar-refractivity contribution in [2.45, 2.75) is 44.2 Å². The Kier molecular flexibility index (Phi) is 5.07. The molecule has 2 aromatic carbocycles. The van der Waals surface area contributed by atoms with Crippen LogP contribution in [0.2, 0.25) is 0 Å². The van der Waals surface area contributed by atoms with Crippen molar-refractivity contribution in [3.05, 3.63) is 71.2 Å². The van der Waals surface area contributed by atoms with Gasteiger partial charge in [0.25, 0.3) is 0 Å². The molecule has 146 valence electrons. The second-order valence-corrected chi connectivity index (χ2v) is 7.58. The summed E-state index contributed by atoms with van der Waals surface area (Å²) in [6, 6.07) is 14.7. The summed E-state index contributed by atoms with van der Waals surface area (Å²) in [5, 5.41) is 0. The number of methoxy groups -OCH3 is 1. The number of guanidine groups is 1. The first kappa shape index (κ1) is 18.5. The summed E-state index contributed by atoms with van der Waals surface area (Å²) in [6.07, 6.45) is 7.52. The fraction of sp³-hybridized carbons (Fsp3) is 0.348. The summed E-state index contributed by atoms with van der Waals surface area (Å²) >= 11 is 0. The van der Waals surface area contributed by atoms with Gasteiger partial charge in [0, 0.05) is 6.54 Å². The third-order valence-electron chi connectivity index (χ3n) is 5.84. The van der Waals surface area contributed by atoms with Crippen LogP contribution in [0.1, 0.15) is 43.2 Å². The summed E-state index contributed by atoms with van der Waals surface area (Å²) in [5.41, 5.74) is 9.12. The molecule has 2 aromatic rings. The molecule has 0 atom stereocenters. The quantitative estimate of drug-likeness (QED) is 0.837. The molecule has 0 unspecified atom stereocenters. The van der Waals surface area contributed by atoms with Crippen LogP contribution in [-0.4, -0.2) is 23.5 Å². The highest BCUT2D eigenvalue weighted by Crippen LogP contribution is 2.45. The Hall–Kier alpha value is -2.82. The molecule has 1 aliphatic heterocycles. The molecule has 2 aliphatic rings. The average Bonchev–Trinajstić information content (AvgIpc) is 2.94. The Morgan fingerprint density at radius 1 is 1.14 bits per heavy atom. The predicted molar refractivity (Wildman–Crippen MR) is 110 cm³/mol. The minimum atomic E-state index is -0.239. The van der Waals surface area contributed by atoms with Crippen LogP contribution in [0.25, 0.3) is 6.08 Å². The number of halogens is 1. The fourth-order valence-electron chi connectivity index (χ4n) is 4.37. The van der Waals surface area contributed by atoms with Crippen molar-refractivity contribution in [3.8, 4) is 5.75 Å². The van der Waals surface area contributed by atoms with Gasteiger partial charge in [-0.05, 0) is 54.3 Å². The van der Waals surface area contributed by atoms with Gasteiger partial charge < -0.3 is 15.4 Å². The second kappa shape index (κ2) is 7.66. The van der Waals surface area contributed by atoms with E-state index in [0.29, 0.717) is 12.5 Å². The number of benzene rings is 2. The number of hydrogen-bond acceptors (Lipinski definition) is 4. The smallest absolute Gasteiger partial charge is 0.197 e. The first-order valence-corrected chi connectivity index (χ1v) is 9.83. The summed E-state index contributed by atoms with van der Waals surface area (Å²) < 4.78 is 18.9. The van der Waals surface area contributed by atoms with Crippen molar-refractivity contribution in [2.75, 3.05) is 7.11 Å². The van der Waals surface area contributed by atoms with E-state index in [-0.39, 0.29) is 11.4 Å². The second-order valence-electron chi connectivity index (χ2n) is 7.58. The Bertz CT molecular complexity index is 898. The van der Waals surface area contributed by atoms with Gasteiger partial charge >= 0.3 is 0 Å². The van der Waals surface area contributed by atoms with Gasteiger partial charge in [0.15, 0.2) is 5.96 Å². The van der Waals surface area contributed by atoms with E-state index in [0.717, 1.165) is 48.3 Å². The highest BCUT2D eigenvalue weighted by atomic mass is 19.1. The van der Waals surface area contributed by atoms with Gasteiger partial charge in [0.05, 0.1) is 18.3 Å². The molecule has 0 saturated heterocycles. The first-order chi connectivity index (χ1) is 13.6. The SMILES string of the molecule is COc1ccc(CN2C(N)=N/C(=C\c3cccc(F)c3)C23CCCCC3)cc1. The normalized spacial score (nSPS) is 19.9. The Balaban J connectivity index is 1.68. The predicted octanol–water partition coefficient (Wildman–Crippen LogP) is 4.71. The van der Waals surface area contributed by atoms with Crippen LogP contribution >= 0.6 is 0 Å². The van der Waals surface area contributed by atoms with Crippen LogP contribution < -0.4 is 10.5 Å². The van der Waals surface area contributed by atoms with E-state index in [1.54, 1.807) is 19.2 Å². The molecule has 1 aliphatic carbocycles. The van der Waals surface area contributed by atoms with Gasteiger partial charge in [-0.25, -0.2) is 9.38 Å². The van der Waals surface area contributed by atoms with Crippen molar-refractivity contribution in [2.24, 2.45) is 10.7 Å². The number of nitrogens with zero attached hydrogens (tertiary/aromatic N) is 2. The lowest BCUT2D eigenvalue weighted by molar-refractivity contribution is 0.160. The molecule has 0 radical (unpaired) electrons. The van der Waals surface area contributed by atoms with Crippen LogP contribution in [-0.2, 0) is 6.54 Å². The minimum Gasteiger partial charge on any atom is -0.497 e. The molecule has 4 rings (SSSR count). The lowest BCUT2D eigenvalue weighted by Gasteiger charge is -2.43. The molecule has 28 heavy (non-hydrogen) atoms. The molecule has 1 saturated carbocycles. The maximum Gasteiger partial charge on any atom is 0.197 e. The number of hydrogen-bond donors (Lipinski definition) is 1. The molecule has 1 heterocycles. The lowest BCUT2D eigenvalue weighted by atomic mass is 9.78. The van der Waals surface area contributed by atoms with Crippen LogP contribution in [0.4, 0.5) is 4.39 Å². The van der Waals surface area contributed by atoms with Crippen LogP contribution in [0.5, 0.6) is 5.75 Å². The van der Waals surface area contributed by atoms with Crippen molar-refractivity contribution >= 4 is 12.0 Å². The van der Waals surface area contributed by atoms with E-state index >= 15 is 0 Å². The van der Waals surface area contributed by atoms with Gasteiger partial charge in [-0.1, -0.05) is 43.5 Å². The summed E-state index contributed by atoms with van der Waals surface area (Å²) in [5.74, 6) is 1.14. The Morgan fingerprint density at radius 2 is 1.89 bits per heavy atom. The molecule has 0 aromatic heterocycles. The fourth-order valence-corrected chi connectivity index (χ4v) is 4.37. The van der Waals surface area contributed by atoms with Gasteiger partial charge in [-0.2, -0.15) is 0 Å². The third kappa shape index (κ3) is 3.49. The van der Waals surface area contributed by atoms with E-state index in [9.17, 15) is 4.39 Å². The number of aliphatic imine (C=N–C) groups is 1. The lowest BCUT2D eigenvalue weighted by Crippen LogP contribution is -2.51. The zero-order chi connectivity index (χ0) is 19.6. The molecule has 1 spiro atoms. The van der Waals surface area contributed by atoms with E-state index in [2.05, 4.69) is 17.0 Å². The van der Waals surface area contributed by atoms with Crippen molar-refractivity contribution in [1.82, 2.24) is 4.90 Å². The molecule has 0 amide bonds. The highest BCUT2D eigenvalue weighted by Gasteiger charge is 2.46. The van der Waals surface area contributed by atoms with Gasteiger partial charge in [-0.3, -0.25) is 0 Å². The molecular formula is C23H26FN3O. The van der Waals surface area contributed by atoms with E-state index in [4.69, 9.17) is 15.5 Å². The topological polar surface area (TPSA) is 50.9 Å². The highest BCUT2D eigenvalue weighted by molar-refractivity contribution is 5.85. The van der Waals surface area contributed by atoms with Crippen molar-refractivity contribution < 1.29 is 9.13 Å². The maximum absolute atomic E-state index is 13.7. The number of ether oxygens (including phenoxy) is 1. The zero-order valence-corrected chi connectivity index (χ0v) is 16.2. The van der Waals surface area contributed by atoms with Gasteiger partial charge in [-0.15, -0.1) is 0 Å². The summed E-state index contributed by atoms with van der Waals surface area (Å²) in [4.78, 5) is 6.97. The van der Waals surface area contributed by atoms with E-state index in [1.807, 2.05) is 24.3 Å². The number of nitrogens with two attached hydrogens (primary N) is 1. The Morgan fingerprint density at radius 3 is 2.57 bits per heavy atom. The number of rotatable bonds is 4. The van der Waals surface area contributed by atoms with Gasteiger partial charge in [0.1, 0.15) is 11.6 Å². The maximum atomic E-state index is 13.7. The van der Waals surface area contributed by atoms with Crippen LogP contribution in [0.3, 0.4) is 0 Å². The standard InChI is InChI=1S/C23H26FN3O/c1-28-20-10-8-17(9-11-20)16-27-22(25)26-21(23(27)12-3-2-4-13-23)15-18-6-5-7-19(24)14-18/h5-11,14-15H,2-4,12-13,16H2,1H3,(H2,25,26)/b21-15-. The Labute approximate surface area is 165 Å². The van der Waals surface area contributed by atoms with Gasteiger partial charge in [0.2, 0.25) is 0 Å². The first-order valence-electron chi connectivity index (χ1n) is 9.83. The molecule has 1 fully saturated rings. The third-order valence-corrected chi connectivity index (χ3v) is 5.84. The van der Waals surface area contributed by atoms with Crippen LogP contribution in [0.15, 0.2) is 59.2 Å². The van der Waals surface area contributed by atoms with Crippen molar-refractivity contribution in [3.63, 3.8) is 0 Å². The van der Waals surface area contributed by atoms with E-state index < -0.39 is 0 Å². The molecule has 0 bridgehead atoms. The molecular weight excluding hydrogens is 353 g/mol. The van der Waals surface area contributed by atoms with E-state index in [1.165, 1.54) is 12.5 Å². The summed E-state index contributed by atoms with van der Waals surface area (Å²) in [7, 11) is 1.67. The molecule has 2 N–H and O–H groups in total. The average molecular weight is 379 g/mol. The van der Waals surface area contributed by atoms with Crippen LogP contribution in [0, 0.1) is 5.82 Å². The zero-order valence-electron chi connectivity index (χ0n) is 16.2. The van der Waals surface area contributed by atoms with Crippen molar-refractivity contribution in [1.29, 1.82) is 0 Å². The molecule has 5 heteroatoms. The molecule has 4 nitrogen and oxygen atoms in total. The summed E-state index contributed by atoms with van der Waals surface area (Å²) in [6.45, 7) is 0.694. The minimum absolute atomic E-state index is 0.214. The largest absolute Gasteiger partial charge is 0.497 e.